The summed E-state index contributed by atoms with van der Waals surface area (Å²) >= 11 is 1.56. The Bertz CT molecular complexity index is 831. The second kappa shape index (κ2) is 5.40. The Morgan fingerprint density at radius 3 is 2.74 bits per heavy atom. The third-order valence-electron chi connectivity index (χ3n) is 4.90. The fourth-order valence-corrected chi connectivity index (χ4v) is 4.45. The normalized spacial score (nSPS) is 19.6. The van der Waals surface area contributed by atoms with Crippen molar-refractivity contribution < 1.29 is 4.79 Å². The maximum Gasteiger partial charge on any atom is 0.279 e. The largest absolute Gasteiger partial charge is 0.368 e. The third kappa shape index (κ3) is 2.67. The summed E-state index contributed by atoms with van der Waals surface area (Å²) in [5.41, 5.74) is 6.38. The van der Waals surface area contributed by atoms with E-state index in [1.165, 1.54) is 4.88 Å². The number of aryl methyl sites for hydroxylation is 1. The first-order chi connectivity index (χ1) is 10.7. The standard InChI is InChI=1S/C16H22N4O2S/c1-8(13(17)21)20-15(22)12-10-6-5-9(16(2,3)4)7-11(10)23-14(12)18-19-20/h8-9H,5-7H2,1-4H3,(H2,17,21). The van der Waals surface area contributed by atoms with Crippen LogP contribution in [-0.4, -0.2) is 20.9 Å². The van der Waals surface area contributed by atoms with E-state index in [0.717, 1.165) is 29.5 Å². The summed E-state index contributed by atoms with van der Waals surface area (Å²) in [7, 11) is 0. The molecule has 2 aromatic rings. The molecule has 23 heavy (non-hydrogen) atoms. The highest BCUT2D eigenvalue weighted by Crippen LogP contribution is 2.41. The zero-order valence-electron chi connectivity index (χ0n) is 13.9. The van der Waals surface area contributed by atoms with Crippen LogP contribution in [0.15, 0.2) is 4.79 Å². The molecule has 0 fully saturated rings. The minimum atomic E-state index is -0.791. The summed E-state index contributed by atoms with van der Waals surface area (Å²) in [5.74, 6) is 0.0143. The monoisotopic (exact) mass is 334 g/mol. The number of nitrogens with two attached hydrogens (primary N) is 1. The van der Waals surface area contributed by atoms with E-state index in [1.54, 1.807) is 18.3 Å². The molecule has 2 N–H and O–H groups in total. The van der Waals surface area contributed by atoms with Crippen LogP contribution in [0.1, 0.15) is 50.6 Å². The van der Waals surface area contributed by atoms with Crippen LogP contribution in [0, 0.1) is 11.3 Å². The first-order valence-electron chi connectivity index (χ1n) is 7.89. The van der Waals surface area contributed by atoms with Crippen molar-refractivity contribution in [1.29, 1.82) is 0 Å². The van der Waals surface area contributed by atoms with E-state index in [-0.39, 0.29) is 11.0 Å². The number of hydrogen-bond donors (Lipinski definition) is 1. The Morgan fingerprint density at radius 1 is 1.43 bits per heavy atom. The summed E-state index contributed by atoms with van der Waals surface area (Å²) in [6, 6.07) is -0.791. The number of hydrogen-bond acceptors (Lipinski definition) is 5. The molecule has 124 valence electrons. The molecule has 2 heterocycles. The van der Waals surface area contributed by atoms with E-state index < -0.39 is 11.9 Å². The first kappa shape index (κ1) is 16.1. The van der Waals surface area contributed by atoms with Gasteiger partial charge in [-0.25, -0.2) is 0 Å². The molecule has 1 aliphatic carbocycles. The number of amides is 1. The Hall–Kier alpha value is -1.76. The maximum atomic E-state index is 12.7. The van der Waals surface area contributed by atoms with Crippen LogP contribution in [0.4, 0.5) is 0 Å². The second-order valence-electron chi connectivity index (χ2n) is 7.41. The molecule has 0 spiro atoms. The number of carbonyl (C=O) groups excluding carboxylic acids is 1. The van der Waals surface area contributed by atoms with Crippen LogP contribution in [0.3, 0.4) is 0 Å². The van der Waals surface area contributed by atoms with Crippen molar-refractivity contribution in [2.24, 2.45) is 17.1 Å². The molecule has 0 aromatic carbocycles. The zero-order valence-corrected chi connectivity index (χ0v) is 14.7. The summed E-state index contributed by atoms with van der Waals surface area (Å²) in [6.45, 7) is 8.35. The summed E-state index contributed by atoms with van der Waals surface area (Å²) < 4.78 is 1.10. The van der Waals surface area contributed by atoms with Gasteiger partial charge in [-0.2, -0.15) is 4.68 Å². The molecule has 0 aliphatic heterocycles. The summed E-state index contributed by atoms with van der Waals surface area (Å²) in [4.78, 5) is 26.0. The average molecular weight is 334 g/mol. The summed E-state index contributed by atoms with van der Waals surface area (Å²) in [6.07, 6.45) is 2.92. The smallest absolute Gasteiger partial charge is 0.279 e. The predicted octanol–water partition coefficient (Wildman–Crippen LogP) is 2.05. The van der Waals surface area contributed by atoms with Crippen molar-refractivity contribution in [3.63, 3.8) is 0 Å². The minimum absolute atomic E-state index is 0.250. The highest BCUT2D eigenvalue weighted by atomic mass is 32.1. The fourth-order valence-electron chi connectivity index (χ4n) is 3.22. The number of carbonyl (C=O) groups is 1. The average Bonchev–Trinajstić information content (AvgIpc) is 2.84. The van der Waals surface area contributed by atoms with Gasteiger partial charge in [-0.05, 0) is 43.1 Å². The molecule has 6 nitrogen and oxygen atoms in total. The molecule has 7 heteroatoms. The molecule has 0 saturated carbocycles. The Balaban J connectivity index is 2.11. The zero-order chi connectivity index (χ0) is 16.9. The van der Waals surface area contributed by atoms with Gasteiger partial charge in [0.1, 0.15) is 6.04 Å². The van der Waals surface area contributed by atoms with Gasteiger partial charge in [0.25, 0.3) is 5.56 Å². The van der Waals surface area contributed by atoms with Crippen molar-refractivity contribution in [3.05, 3.63) is 20.8 Å². The molecule has 1 aliphatic rings. The van der Waals surface area contributed by atoms with Crippen molar-refractivity contribution in [2.75, 3.05) is 0 Å². The van der Waals surface area contributed by atoms with Crippen LogP contribution in [-0.2, 0) is 17.6 Å². The van der Waals surface area contributed by atoms with Gasteiger partial charge in [0.2, 0.25) is 5.91 Å². The number of rotatable bonds is 2. The molecule has 2 unspecified atom stereocenters. The lowest BCUT2D eigenvalue weighted by molar-refractivity contribution is -0.121. The van der Waals surface area contributed by atoms with Gasteiger partial charge >= 0.3 is 0 Å². The Morgan fingerprint density at radius 2 is 2.13 bits per heavy atom. The van der Waals surface area contributed by atoms with E-state index in [0.29, 0.717) is 16.1 Å². The molecule has 0 bridgehead atoms. The molecular weight excluding hydrogens is 312 g/mol. The van der Waals surface area contributed by atoms with Crippen LogP contribution in [0.2, 0.25) is 0 Å². The first-order valence-corrected chi connectivity index (χ1v) is 8.71. The molecular formula is C16H22N4O2S. The van der Waals surface area contributed by atoms with Gasteiger partial charge in [0.15, 0.2) is 4.83 Å². The highest BCUT2D eigenvalue weighted by Gasteiger charge is 2.32. The minimum Gasteiger partial charge on any atom is -0.368 e. The van der Waals surface area contributed by atoms with Crippen LogP contribution >= 0.6 is 11.3 Å². The fraction of sp³-hybridized carbons (Fsp3) is 0.625. The number of thiophene rings is 1. The van der Waals surface area contributed by atoms with E-state index in [4.69, 9.17) is 5.73 Å². The SMILES string of the molecule is CC(C(N)=O)n1nnc2sc3c(c2c1=O)CCC(C(C)(C)C)C3. The van der Waals surface area contributed by atoms with Gasteiger partial charge in [-0.1, -0.05) is 26.0 Å². The lowest BCUT2D eigenvalue weighted by atomic mass is 9.72. The molecule has 1 amide bonds. The molecule has 0 radical (unpaired) electrons. The number of aromatic nitrogens is 3. The lowest BCUT2D eigenvalue weighted by Gasteiger charge is -2.33. The Kier molecular flexibility index (Phi) is 3.78. The second-order valence-corrected chi connectivity index (χ2v) is 8.49. The van der Waals surface area contributed by atoms with Crippen molar-refractivity contribution in [3.8, 4) is 0 Å². The topological polar surface area (TPSA) is 90.9 Å². The number of fused-ring (bicyclic) bond motifs is 3. The van der Waals surface area contributed by atoms with Gasteiger partial charge in [-0.15, -0.1) is 16.4 Å². The van der Waals surface area contributed by atoms with Gasteiger partial charge in [0.05, 0.1) is 5.39 Å². The van der Waals surface area contributed by atoms with Crippen molar-refractivity contribution in [1.82, 2.24) is 15.0 Å². The molecule has 2 aromatic heterocycles. The van der Waals surface area contributed by atoms with Crippen LogP contribution < -0.4 is 11.3 Å². The van der Waals surface area contributed by atoms with E-state index in [9.17, 15) is 9.59 Å². The van der Waals surface area contributed by atoms with Crippen LogP contribution in [0.5, 0.6) is 0 Å². The predicted molar refractivity (Wildman–Crippen MR) is 90.6 cm³/mol. The van der Waals surface area contributed by atoms with Gasteiger partial charge in [0, 0.05) is 4.88 Å². The maximum absolute atomic E-state index is 12.7. The summed E-state index contributed by atoms with van der Waals surface area (Å²) in [5, 5.41) is 8.69. The number of nitrogens with zero attached hydrogens (tertiary/aromatic N) is 3. The van der Waals surface area contributed by atoms with E-state index in [2.05, 4.69) is 31.1 Å². The third-order valence-corrected chi connectivity index (χ3v) is 6.04. The van der Waals surface area contributed by atoms with Crippen molar-refractivity contribution >= 4 is 27.5 Å². The van der Waals surface area contributed by atoms with E-state index >= 15 is 0 Å². The molecule has 3 rings (SSSR count). The van der Waals surface area contributed by atoms with Crippen molar-refractivity contribution in [2.45, 2.75) is 53.0 Å². The highest BCUT2D eigenvalue weighted by molar-refractivity contribution is 7.18. The van der Waals surface area contributed by atoms with Gasteiger partial charge in [-0.3, -0.25) is 9.59 Å². The number of primary amides is 1. The lowest BCUT2D eigenvalue weighted by Crippen LogP contribution is -2.34. The van der Waals surface area contributed by atoms with E-state index in [1.807, 2.05) is 0 Å². The Labute approximate surface area is 138 Å². The molecule has 2 atom stereocenters. The quantitative estimate of drug-likeness (QED) is 0.910. The van der Waals surface area contributed by atoms with Gasteiger partial charge < -0.3 is 5.73 Å². The molecule has 0 saturated heterocycles. The van der Waals surface area contributed by atoms with Crippen LogP contribution in [0.25, 0.3) is 10.2 Å².